The molecule has 0 spiro atoms. The molecule has 0 aromatic heterocycles. The second-order valence-electron chi connectivity index (χ2n) is 6.34. The summed E-state index contributed by atoms with van der Waals surface area (Å²) in [6.07, 6.45) is 0. The van der Waals surface area contributed by atoms with Gasteiger partial charge in [0.05, 0.1) is 12.4 Å². The van der Waals surface area contributed by atoms with Crippen molar-refractivity contribution in [2.75, 3.05) is 13.1 Å². The van der Waals surface area contributed by atoms with E-state index < -0.39 is 10.0 Å². The van der Waals surface area contributed by atoms with Gasteiger partial charge in [0.2, 0.25) is 10.0 Å². The Morgan fingerprint density at radius 2 is 1.38 bits per heavy atom. The summed E-state index contributed by atoms with van der Waals surface area (Å²) in [6.45, 7) is 9.18. The first-order valence-corrected chi connectivity index (χ1v) is 9.02. The number of hydrogen-bond acceptors (Lipinski definition) is 3. The molecule has 0 amide bonds. The molecule has 0 fully saturated rings. The van der Waals surface area contributed by atoms with Crippen LogP contribution in [0.1, 0.15) is 38.8 Å². The van der Waals surface area contributed by atoms with Crippen LogP contribution in [0.2, 0.25) is 0 Å². The second-order valence-corrected chi connectivity index (χ2v) is 8.30. The summed E-state index contributed by atoms with van der Waals surface area (Å²) in [5.74, 6) is 0.614. The number of aliphatic hydroxyl groups is 1. The highest BCUT2D eigenvalue weighted by atomic mass is 32.2. The Hall–Kier alpha value is -0.910. The molecule has 21 heavy (non-hydrogen) atoms. The van der Waals surface area contributed by atoms with Gasteiger partial charge in [-0.3, -0.25) is 0 Å². The van der Waals surface area contributed by atoms with Gasteiger partial charge in [0.15, 0.2) is 0 Å². The maximum atomic E-state index is 12.6. The monoisotopic (exact) mass is 313 g/mol. The van der Waals surface area contributed by atoms with Crippen molar-refractivity contribution in [2.24, 2.45) is 11.8 Å². The number of rotatable bonds is 8. The number of hydrogen-bond donors (Lipinski definition) is 1. The summed E-state index contributed by atoms with van der Waals surface area (Å²) in [4.78, 5) is 0. The van der Waals surface area contributed by atoms with Crippen LogP contribution in [0, 0.1) is 11.8 Å². The molecule has 0 heterocycles. The van der Waals surface area contributed by atoms with E-state index in [0.29, 0.717) is 24.9 Å². The third kappa shape index (κ3) is 6.16. The van der Waals surface area contributed by atoms with Crippen molar-refractivity contribution in [3.63, 3.8) is 0 Å². The van der Waals surface area contributed by atoms with Gasteiger partial charge in [-0.2, -0.15) is 0 Å². The Balaban J connectivity index is 2.88. The van der Waals surface area contributed by atoms with Crippen LogP contribution in [0.5, 0.6) is 0 Å². The minimum Gasteiger partial charge on any atom is -0.392 e. The first kappa shape index (κ1) is 18.1. The van der Waals surface area contributed by atoms with E-state index in [1.165, 1.54) is 0 Å². The van der Waals surface area contributed by atoms with E-state index in [4.69, 9.17) is 5.11 Å². The molecule has 1 rings (SSSR count). The third-order valence-corrected chi connectivity index (χ3v) is 4.87. The Morgan fingerprint density at radius 3 is 1.76 bits per heavy atom. The van der Waals surface area contributed by atoms with Crippen molar-refractivity contribution in [3.8, 4) is 0 Å². The van der Waals surface area contributed by atoms with Crippen LogP contribution >= 0.6 is 0 Å². The normalized spacial score (nSPS) is 12.6. The fourth-order valence-electron chi connectivity index (χ4n) is 2.16. The van der Waals surface area contributed by atoms with Crippen LogP contribution in [-0.2, 0) is 22.4 Å². The fourth-order valence-corrected chi connectivity index (χ4v) is 4.01. The lowest BCUT2D eigenvalue weighted by Gasteiger charge is -2.25. The van der Waals surface area contributed by atoms with Crippen LogP contribution in [0.4, 0.5) is 0 Å². The lowest BCUT2D eigenvalue weighted by Crippen LogP contribution is -2.37. The number of nitrogens with zero attached hydrogens (tertiary/aromatic N) is 1. The van der Waals surface area contributed by atoms with Crippen molar-refractivity contribution >= 4 is 10.0 Å². The second kappa shape index (κ2) is 7.92. The van der Waals surface area contributed by atoms with Gasteiger partial charge in [-0.05, 0) is 23.0 Å². The number of aliphatic hydroxyl groups excluding tert-OH is 1. The maximum absolute atomic E-state index is 12.6. The molecule has 5 heteroatoms. The molecular formula is C16H27NO3S. The van der Waals surface area contributed by atoms with E-state index in [1.807, 2.05) is 27.7 Å². The van der Waals surface area contributed by atoms with Gasteiger partial charge in [0.1, 0.15) is 0 Å². The standard InChI is InChI=1S/C16H27NO3S/c1-13(2)9-17(10-14(3)4)21(19,20)12-16-7-5-15(11-18)6-8-16/h5-8,13-14,18H,9-12H2,1-4H3. The third-order valence-electron chi connectivity index (χ3n) is 3.09. The summed E-state index contributed by atoms with van der Waals surface area (Å²) < 4.78 is 26.8. The highest BCUT2D eigenvalue weighted by Gasteiger charge is 2.24. The molecule has 0 radical (unpaired) electrons. The average Bonchev–Trinajstić information content (AvgIpc) is 2.37. The van der Waals surface area contributed by atoms with Crippen LogP contribution < -0.4 is 0 Å². The molecule has 0 aliphatic carbocycles. The lowest BCUT2D eigenvalue weighted by atomic mass is 10.2. The van der Waals surface area contributed by atoms with Gasteiger partial charge >= 0.3 is 0 Å². The van der Waals surface area contributed by atoms with Gasteiger partial charge in [-0.15, -0.1) is 0 Å². The van der Waals surface area contributed by atoms with Crippen molar-refractivity contribution in [1.29, 1.82) is 0 Å². The summed E-state index contributed by atoms with van der Waals surface area (Å²) in [7, 11) is -3.31. The molecule has 0 unspecified atom stereocenters. The fraction of sp³-hybridized carbons (Fsp3) is 0.625. The van der Waals surface area contributed by atoms with Gasteiger partial charge in [-0.1, -0.05) is 52.0 Å². The van der Waals surface area contributed by atoms with Crippen LogP contribution in [0.3, 0.4) is 0 Å². The summed E-state index contributed by atoms with van der Waals surface area (Å²) in [6, 6.07) is 7.07. The topological polar surface area (TPSA) is 57.6 Å². The largest absolute Gasteiger partial charge is 0.392 e. The van der Waals surface area contributed by atoms with Crippen LogP contribution in [-0.4, -0.2) is 30.9 Å². The van der Waals surface area contributed by atoms with E-state index in [0.717, 1.165) is 11.1 Å². The van der Waals surface area contributed by atoms with Crippen molar-refractivity contribution in [3.05, 3.63) is 35.4 Å². The highest BCUT2D eigenvalue weighted by molar-refractivity contribution is 7.88. The molecule has 0 aliphatic heterocycles. The molecule has 1 N–H and O–H groups in total. The summed E-state index contributed by atoms with van der Waals surface area (Å²) >= 11 is 0. The van der Waals surface area contributed by atoms with Gasteiger partial charge in [0.25, 0.3) is 0 Å². The van der Waals surface area contributed by atoms with Crippen LogP contribution in [0.25, 0.3) is 0 Å². The van der Waals surface area contributed by atoms with E-state index in [1.54, 1.807) is 28.6 Å². The predicted octanol–water partition coefficient (Wildman–Crippen LogP) is 2.62. The maximum Gasteiger partial charge on any atom is 0.218 e. The number of benzene rings is 1. The highest BCUT2D eigenvalue weighted by Crippen LogP contribution is 2.15. The first-order valence-electron chi connectivity index (χ1n) is 7.41. The van der Waals surface area contributed by atoms with Gasteiger partial charge < -0.3 is 5.11 Å². The van der Waals surface area contributed by atoms with E-state index >= 15 is 0 Å². The molecule has 1 aromatic rings. The van der Waals surface area contributed by atoms with Gasteiger partial charge in [0, 0.05) is 13.1 Å². The zero-order valence-electron chi connectivity index (χ0n) is 13.4. The zero-order valence-corrected chi connectivity index (χ0v) is 14.2. The Morgan fingerprint density at radius 1 is 0.952 bits per heavy atom. The smallest absolute Gasteiger partial charge is 0.218 e. The quantitative estimate of drug-likeness (QED) is 0.802. The Labute approximate surface area is 128 Å². The van der Waals surface area contributed by atoms with E-state index in [9.17, 15) is 8.42 Å². The lowest BCUT2D eigenvalue weighted by molar-refractivity contribution is 0.282. The van der Waals surface area contributed by atoms with Crippen molar-refractivity contribution < 1.29 is 13.5 Å². The molecule has 0 aliphatic rings. The minimum atomic E-state index is -3.31. The average molecular weight is 313 g/mol. The zero-order chi connectivity index (χ0) is 16.0. The first-order chi connectivity index (χ1) is 9.74. The van der Waals surface area contributed by atoms with Crippen molar-refractivity contribution in [1.82, 2.24) is 4.31 Å². The van der Waals surface area contributed by atoms with E-state index in [2.05, 4.69) is 0 Å². The molecule has 0 atom stereocenters. The molecular weight excluding hydrogens is 286 g/mol. The Kier molecular flexibility index (Phi) is 6.84. The molecule has 1 aromatic carbocycles. The number of sulfonamides is 1. The predicted molar refractivity (Wildman–Crippen MR) is 86.2 cm³/mol. The van der Waals surface area contributed by atoms with E-state index in [-0.39, 0.29) is 12.4 Å². The SMILES string of the molecule is CC(C)CN(CC(C)C)S(=O)(=O)Cc1ccc(CO)cc1. The Bertz CT molecular complexity index is 511. The summed E-state index contributed by atoms with van der Waals surface area (Å²) in [5, 5.41) is 9.02. The summed E-state index contributed by atoms with van der Waals surface area (Å²) in [5.41, 5.74) is 1.54. The molecule has 0 saturated heterocycles. The molecule has 4 nitrogen and oxygen atoms in total. The molecule has 0 saturated carbocycles. The molecule has 120 valence electrons. The van der Waals surface area contributed by atoms with Crippen LogP contribution in [0.15, 0.2) is 24.3 Å². The molecule has 0 bridgehead atoms. The van der Waals surface area contributed by atoms with Crippen molar-refractivity contribution in [2.45, 2.75) is 40.1 Å². The minimum absolute atomic E-state index is 0.0121. The van der Waals surface area contributed by atoms with Gasteiger partial charge in [-0.25, -0.2) is 12.7 Å².